The highest BCUT2D eigenvalue weighted by molar-refractivity contribution is 6.74. The molecule has 1 aromatic heterocycles. The zero-order valence-corrected chi connectivity index (χ0v) is 16.8. The first-order valence-corrected chi connectivity index (χ1v) is 11.4. The Bertz CT molecular complexity index is 687. The van der Waals surface area contributed by atoms with Gasteiger partial charge in [-0.1, -0.05) is 50.6 Å². The van der Waals surface area contributed by atoms with Crippen molar-refractivity contribution in [3.63, 3.8) is 0 Å². The van der Waals surface area contributed by atoms with Crippen LogP contribution in [0.4, 0.5) is 0 Å². The molecule has 1 aromatic carbocycles. The molecule has 132 valence electrons. The first kappa shape index (κ1) is 18.9. The van der Waals surface area contributed by atoms with Crippen LogP contribution in [0.25, 0.3) is 0 Å². The van der Waals surface area contributed by atoms with E-state index < -0.39 is 8.32 Å². The third-order valence-corrected chi connectivity index (χ3v) is 9.36. The van der Waals surface area contributed by atoms with Crippen LogP contribution < -0.4 is 0 Å². The molecule has 2 rings (SSSR count). The van der Waals surface area contributed by atoms with Gasteiger partial charge in [-0.15, -0.1) is 0 Å². The van der Waals surface area contributed by atoms with Crippen LogP contribution in [0.2, 0.25) is 18.1 Å². The van der Waals surface area contributed by atoms with Gasteiger partial charge in [-0.25, -0.2) is 0 Å². The number of aryl methyl sites for hydroxylation is 1. The number of aliphatic hydroxyl groups excluding tert-OH is 1. The average Bonchev–Trinajstić information content (AvgIpc) is 2.86. The second-order valence-corrected chi connectivity index (χ2v) is 12.8. The summed E-state index contributed by atoms with van der Waals surface area (Å²) in [6.07, 6.45) is 0. The predicted molar refractivity (Wildman–Crippen MR) is 100 cm³/mol. The first-order valence-electron chi connectivity index (χ1n) is 8.48. The number of aromatic nitrogens is 2. The second kappa shape index (κ2) is 7.21. The van der Waals surface area contributed by atoms with Crippen molar-refractivity contribution in [2.75, 3.05) is 0 Å². The molecule has 0 unspecified atom stereocenters. The molecule has 0 spiro atoms. The van der Waals surface area contributed by atoms with Gasteiger partial charge in [0.05, 0.1) is 31.1 Å². The number of aliphatic hydroxyl groups is 1. The molecule has 4 nitrogen and oxygen atoms in total. The summed E-state index contributed by atoms with van der Waals surface area (Å²) < 4.78 is 8.29. The van der Waals surface area contributed by atoms with Crippen LogP contribution >= 0.6 is 0 Å². The van der Waals surface area contributed by atoms with Gasteiger partial charge >= 0.3 is 0 Å². The lowest BCUT2D eigenvalue weighted by atomic mass is 10.1. The van der Waals surface area contributed by atoms with Crippen LogP contribution in [0.5, 0.6) is 0 Å². The molecule has 0 aliphatic carbocycles. The molecule has 2 aromatic rings. The van der Waals surface area contributed by atoms with Gasteiger partial charge in [-0.3, -0.25) is 4.68 Å². The highest BCUT2D eigenvalue weighted by Crippen LogP contribution is 2.37. The summed E-state index contributed by atoms with van der Waals surface area (Å²) in [6.45, 7) is 14.5. The van der Waals surface area contributed by atoms with Crippen LogP contribution in [0.1, 0.15) is 43.3 Å². The first-order chi connectivity index (χ1) is 11.1. The van der Waals surface area contributed by atoms with E-state index in [0.29, 0.717) is 18.8 Å². The summed E-state index contributed by atoms with van der Waals surface area (Å²) in [5, 5.41) is 14.1. The summed E-state index contributed by atoms with van der Waals surface area (Å²) in [6, 6.07) is 10.4. The normalized spacial score (nSPS) is 12.6. The van der Waals surface area contributed by atoms with E-state index >= 15 is 0 Å². The Morgan fingerprint density at radius 1 is 1.21 bits per heavy atom. The third kappa shape index (κ3) is 4.56. The smallest absolute Gasteiger partial charge is 0.192 e. The van der Waals surface area contributed by atoms with Crippen molar-refractivity contribution in [3.05, 3.63) is 52.8 Å². The minimum absolute atomic E-state index is 0.0477. The van der Waals surface area contributed by atoms with Crippen molar-refractivity contribution < 1.29 is 9.53 Å². The molecule has 0 saturated heterocycles. The Labute approximate surface area is 146 Å². The van der Waals surface area contributed by atoms with E-state index in [1.807, 2.05) is 10.7 Å². The third-order valence-electron chi connectivity index (χ3n) is 4.88. The van der Waals surface area contributed by atoms with Crippen molar-refractivity contribution in [3.8, 4) is 0 Å². The topological polar surface area (TPSA) is 47.3 Å². The van der Waals surface area contributed by atoms with Gasteiger partial charge in [0.2, 0.25) is 0 Å². The summed E-state index contributed by atoms with van der Waals surface area (Å²) in [7, 11) is -1.82. The molecule has 0 saturated carbocycles. The monoisotopic (exact) mass is 346 g/mol. The van der Waals surface area contributed by atoms with Gasteiger partial charge in [-0.05, 0) is 36.7 Å². The summed E-state index contributed by atoms with van der Waals surface area (Å²) >= 11 is 0. The van der Waals surface area contributed by atoms with E-state index in [1.165, 1.54) is 11.1 Å². The fourth-order valence-corrected chi connectivity index (χ4v) is 3.24. The fourth-order valence-electron chi connectivity index (χ4n) is 2.30. The number of nitrogens with zero attached hydrogens (tertiary/aromatic N) is 2. The van der Waals surface area contributed by atoms with Crippen LogP contribution in [0.3, 0.4) is 0 Å². The van der Waals surface area contributed by atoms with E-state index in [9.17, 15) is 5.11 Å². The maximum absolute atomic E-state index is 9.43. The quantitative estimate of drug-likeness (QED) is 0.795. The molecule has 0 aliphatic rings. The number of hydrogen-bond acceptors (Lipinski definition) is 3. The van der Waals surface area contributed by atoms with E-state index in [4.69, 9.17) is 4.43 Å². The van der Waals surface area contributed by atoms with E-state index in [2.05, 4.69) is 70.2 Å². The molecular weight excluding hydrogens is 316 g/mol. The standard InChI is InChI=1S/C19H30N2O2Si/c1-15-8-7-9-16(10-15)12-21-18(11-17(13-22)20-21)14-23-24(5,6)19(2,3)4/h7-11,22H,12-14H2,1-6H3. The number of benzene rings is 1. The molecule has 0 amide bonds. The lowest BCUT2D eigenvalue weighted by Gasteiger charge is -2.36. The van der Waals surface area contributed by atoms with E-state index in [1.54, 1.807) is 0 Å². The molecule has 0 bridgehead atoms. The van der Waals surface area contributed by atoms with E-state index in [-0.39, 0.29) is 11.6 Å². The molecule has 1 heterocycles. The summed E-state index contributed by atoms with van der Waals surface area (Å²) in [4.78, 5) is 0. The van der Waals surface area contributed by atoms with Crippen molar-refractivity contribution in [2.24, 2.45) is 0 Å². The minimum Gasteiger partial charge on any atom is -0.411 e. The van der Waals surface area contributed by atoms with Crippen molar-refractivity contribution in [1.29, 1.82) is 0 Å². The number of hydrogen-bond donors (Lipinski definition) is 1. The van der Waals surface area contributed by atoms with Crippen LogP contribution in [-0.2, 0) is 24.2 Å². The largest absolute Gasteiger partial charge is 0.411 e. The maximum atomic E-state index is 9.43. The summed E-state index contributed by atoms with van der Waals surface area (Å²) in [5.41, 5.74) is 4.15. The van der Waals surface area contributed by atoms with Crippen LogP contribution in [0, 0.1) is 6.92 Å². The second-order valence-electron chi connectivity index (χ2n) is 7.98. The zero-order valence-electron chi connectivity index (χ0n) is 15.8. The van der Waals surface area contributed by atoms with Crippen molar-refractivity contribution >= 4 is 8.32 Å². The van der Waals surface area contributed by atoms with Crippen molar-refractivity contribution in [1.82, 2.24) is 9.78 Å². The minimum atomic E-state index is -1.82. The highest BCUT2D eigenvalue weighted by Gasteiger charge is 2.37. The molecule has 0 fully saturated rings. The van der Waals surface area contributed by atoms with Gasteiger partial charge in [0.15, 0.2) is 8.32 Å². The van der Waals surface area contributed by atoms with Gasteiger partial charge in [0.25, 0.3) is 0 Å². The molecule has 0 atom stereocenters. The molecular formula is C19H30N2O2Si. The van der Waals surface area contributed by atoms with Crippen LogP contribution in [0.15, 0.2) is 30.3 Å². The molecule has 24 heavy (non-hydrogen) atoms. The number of rotatable bonds is 6. The molecule has 0 aliphatic heterocycles. The van der Waals surface area contributed by atoms with Gasteiger partial charge < -0.3 is 9.53 Å². The fraction of sp³-hybridized carbons (Fsp3) is 0.526. The summed E-state index contributed by atoms with van der Waals surface area (Å²) in [5.74, 6) is 0. The van der Waals surface area contributed by atoms with Crippen molar-refractivity contribution in [2.45, 2.75) is 65.6 Å². The lowest BCUT2D eigenvalue weighted by molar-refractivity contribution is 0.265. The highest BCUT2D eigenvalue weighted by atomic mass is 28.4. The Hall–Kier alpha value is -1.43. The Kier molecular flexibility index (Phi) is 5.68. The Balaban J connectivity index is 2.19. The maximum Gasteiger partial charge on any atom is 0.192 e. The Morgan fingerprint density at radius 2 is 1.92 bits per heavy atom. The molecule has 0 radical (unpaired) electrons. The molecule has 5 heteroatoms. The van der Waals surface area contributed by atoms with Gasteiger partial charge in [0.1, 0.15) is 0 Å². The molecule has 1 N–H and O–H groups in total. The van der Waals surface area contributed by atoms with Gasteiger partial charge in [0, 0.05) is 0 Å². The van der Waals surface area contributed by atoms with Crippen LogP contribution in [-0.4, -0.2) is 23.2 Å². The van der Waals surface area contributed by atoms with E-state index in [0.717, 1.165) is 5.69 Å². The predicted octanol–water partition coefficient (Wildman–Crippen LogP) is 4.25. The average molecular weight is 347 g/mol. The van der Waals surface area contributed by atoms with Gasteiger partial charge in [-0.2, -0.15) is 5.10 Å². The lowest BCUT2D eigenvalue weighted by Crippen LogP contribution is -2.40. The zero-order chi connectivity index (χ0) is 18.0. The SMILES string of the molecule is Cc1cccc(Cn2nc(CO)cc2CO[Si](C)(C)C(C)(C)C)c1. The Morgan fingerprint density at radius 3 is 2.50 bits per heavy atom.